The molecule has 1 heterocycles. The second-order valence-corrected chi connectivity index (χ2v) is 5.90. The molecule has 0 N–H and O–H groups in total. The number of hydrogen-bond acceptors (Lipinski definition) is 6. The predicted molar refractivity (Wildman–Crippen MR) is 102 cm³/mol. The molecule has 2 aromatic carbocycles. The fourth-order valence-corrected chi connectivity index (χ4v) is 2.72. The molecule has 0 saturated carbocycles. The molecule has 3 aromatic rings. The van der Waals surface area contributed by atoms with E-state index in [0.717, 1.165) is 0 Å². The second-order valence-electron chi connectivity index (χ2n) is 5.90. The summed E-state index contributed by atoms with van der Waals surface area (Å²) in [4.78, 5) is 33.6. The van der Waals surface area contributed by atoms with Crippen LogP contribution in [0.2, 0.25) is 0 Å². The lowest BCUT2D eigenvalue weighted by Crippen LogP contribution is -2.01. The Morgan fingerprint density at radius 3 is 2.18 bits per heavy atom. The summed E-state index contributed by atoms with van der Waals surface area (Å²) in [6.45, 7) is 1.62. The molecule has 0 aliphatic rings. The molecule has 0 atom stereocenters. The van der Waals surface area contributed by atoms with Gasteiger partial charge in [-0.25, -0.2) is 0 Å². The van der Waals surface area contributed by atoms with Crippen molar-refractivity contribution in [1.82, 2.24) is 0 Å². The highest BCUT2D eigenvalue weighted by molar-refractivity contribution is 6.10. The largest absolute Gasteiger partial charge is 0.456 e. The van der Waals surface area contributed by atoms with Gasteiger partial charge < -0.3 is 4.42 Å². The Morgan fingerprint density at radius 1 is 0.893 bits per heavy atom. The number of nitro benzene ring substituents is 2. The minimum atomic E-state index is -0.615. The smallest absolute Gasteiger partial charge is 0.280 e. The number of ketones is 1. The summed E-state index contributed by atoms with van der Waals surface area (Å²) in [6, 6.07) is 15.0. The molecule has 28 heavy (non-hydrogen) atoms. The first-order chi connectivity index (χ1) is 13.4. The van der Waals surface area contributed by atoms with Gasteiger partial charge in [-0.15, -0.1) is 0 Å². The van der Waals surface area contributed by atoms with Crippen molar-refractivity contribution in [2.24, 2.45) is 0 Å². The van der Waals surface area contributed by atoms with Crippen LogP contribution in [0.25, 0.3) is 16.9 Å². The fraction of sp³-hybridized carbons (Fsp3) is 0.0500. The van der Waals surface area contributed by atoms with Gasteiger partial charge in [0.25, 0.3) is 11.4 Å². The summed E-state index contributed by atoms with van der Waals surface area (Å²) >= 11 is 0. The van der Waals surface area contributed by atoms with E-state index in [2.05, 4.69) is 0 Å². The van der Waals surface area contributed by atoms with E-state index < -0.39 is 15.6 Å². The number of hydrogen-bond donors (Lipinski definition) is 0. The summed E-state index contributed by atoms with van der Waals surface area (Å²) in [5.74, 6) is 0.0849. The number of nitro groups is 2. The van der Waals surface area contributed by atoms with E-state index in [1.807, 2.05) is 0 Å². The zero-order chi connectivity index (χ0) is 20.3. The third kappa shape index (κ3) is 3.70. The molecule has 140 valence electrons. The zero-order valence-electron chi connectivity index (χ0n) is 14.7. The molecule has 0 unspecified atom stereocenters. The van der Waals surface area contributed by atoms with E-state index >= 15 is 0 Å². The average Bonchev–Trinajstić information content (AvgIpc) is 3.18. The van der Waals surface area contributed by atoms with Crippen LogP contribution in [0.15, 0.2) is 71.2 Å². The first-order valence-corrected chi connectivity index (χ1v) is 8.18. The molecular formula is C20H14N2O6. The van der Waals surface area contributed by atoms with E-state index in [9.17, 15) is 25.0 Å². The van der Waals surface area contributed by atoms with E-state index in [1.54, 1.807) is 43.3 Å². The van der Waals surface area contributed by atoms with Crippen LogP contribution in [0, 0.1) is 20.2 Å². The Kier molecular flexibility index (Phi) is 5.12. The molecule has 0 radical (unpaired) electrons. The lowest BCUT2D eigenvalue weighted by atomic mass is 10.1. The molecule has 0 amide bonds. The molecule has 0 aliphatic heterocycles. The number of rotatable bonds is 6. The highest BCUT2D eigenvalue weighted by atomic mass is 16.6. The quantitative estimate of drug-likeness (QED) is 0.256. The van der Waals surface area contributed by atoms with Crippen molar-refractivity contribution in [3.8, 4) is 11.3 Å². The topological polar surface area (TPSA) is 116 Å². The molecule has 1 aromatic heterocycles. The lowest BCUT2D eigenvalue weighted by molar-refractivity contribution is -0.385. The van der Waals surface area contributed by atoms with Crippen LogP contribution in [-0.2, 0) is 0 Å². The Bertz CT molecular complexity index is 1110. The minimum Gasteiger partial charge on any atom is -0.456 e. The maximum atomic E-state index is 12.5. The number of benzene rings is 2. The van der Waals surface area contributed by atoms with Gasteiger partial charge in [0.15, 0.2) is 5.78 Å². The van der Waals surface area contributed by atoms with Gasteiger partial charge in [0.05, 0.1) is 21.0 Å². The average molecular weight is 378 g/mol. The SMILES string of the molecule is C/C(=C\C(=O)c1ccccc1[N+](=O)[O-])c1ccc(-c2ccccc2[N+](=O)[O-])o1. The van der Waals surface area contributed by atoms with E-state index in [1.165, 1.54) is 30.3 Å². The van der Waals surface area contributed by atoms with Crippen LogP contribution in [0.1, 0.15) is 23.0 Å². The fourth-order valence-electron chi connectivity index (χ4n) is 2.72. The number of nitrogens with zero attached hydrogens (tertiary/aromatic N) is 2. The van der Waals surface area contributed by atoms with Crippen LogP contribution < -0.4 is 0 Å². The third-order valence-corrected chi connectivity index (χ3v) is 4.07. The van der Waals surface area contributed by atoms with Gasteiger partial charge in [-0.05, 0) is 42.8 Å². The van der Waals surface area contributed by atoms with E-state index in [0.29, 0.717) is 16.9 Å². The second kappa shape index (κ2) is 7.67. The molecule has 0 aliphatic carbocycles. The zero-order valence-corrected chi connectivity index (χ0v) is 14.7. The Hall–Kier alpha value is -4.07. The molecule has 8 heteroatoms. The van der Waals surface area contributed by atoms with Crippen molar-refractivity contribution in [3.63, 3.8) is 0 Å². The standard InChI is InChI=1S/C20H14N2O6/c1-13(12-18(23)14-6-2-4-8-16(14)21(24)25)19-10-11-20(28-19)15-7-3-5-9-17(15)22(26)27/h2-12H,1H3/b13-12+. The van der Waals surface area contributed by atoms with Gasteiger partial charge in [-0.2, -0.15) is 0 Å². The van der Waals surface area contributed by atoms with Gasteiger partial charge in [0.2, 0.25) is 0 Å². The van der Waals surface area contributed by atoms with Crippen molar-refractivity contribution in [2.75, 3.05) is 0 Å². The summed E-state index contributed by atoms with van der Waals surface area (Å²) in [5, 5.41) is 22.3. The van der Waals surface area contributed by atoms with Crippen molar-refractivity contribution in [2.45, 2.75) is 6.92 Å². The predicted octanol–water partition coefficient (Wildman–Crippen LogP) is 5.05. The first-order valence-electron chi connectivity index (χ1n) is 8.18. The van der Waals surface area contributed by atoms with Gasteiger partial charge in [-0.3, -0.25) is 25.0 Å². The summed E-state index contributed by atoms with van der Waals surface area (Å²) in [6.07, 6.45) is 1.24. The molecule has 0 saturated heterocycles. The van der Waals surface area contributed by atoms with Gasteiger partial charge in [0.1, 0.15) is 11.5 Å². The molecule has 3 rings (SSSR count). The summed E-state index contributed by atoms with van der Waals surface area (Å²) in [5.41, 5.74) is 0.347. The first kappa shape index (κ1) is 18.7. The van der Waals surface area contributed by atoms with Gasteiger partial charge in [-0.1, -0.05) is 24.3 Å². The molecule has 0 fully saturated rings. The molecule has 8 nitrogen and oxygen atoms in total. The van der Waals surface area contributed by atoms with Crippen LogP contribution in [0.3, 0.4) is 0 Å². The maximum Gasteiger partial charge on any atom is 0.280 e. The highest BCUT2D eigenvalue weighted by Crippen LogP contribution is 2.32. The monoisotopic (exact) mass is 378 g/mol. The molecule has 0 bridgehead atoms. The van der Waals surface area contributed by atoms with Crippen LogP contribution in [-0.4, -0.2) is 15.6 Å². The molecular weight excluding hydrogens is 364 g/mol. The van der Waals surface area contributed by atoms with Crippen LogP contribution in [0.4, 0.5) is 11.4 Å². The normalized spacial score (nSPS) is 11.2. The third-order valence-electron chi connectivity index (χ3n) is 4.07. The minimum absolute atomic E-state index is 0.0303. The summed E-state index contributed by atoms with van der Waals surface area (Å²) < 4.78 is 5.68. The van der Waals surface area contributed by atoms with Crippen molar-refractivity contribution < 1.29 is 19.1 Å². The van der Waals surface area contributed by atoms with E-state index in [-0.39, 0.29) is 22.7 Å². The van der Waals surface area contributed by atoms with E-state index in [4.69, 9.17) is 4.42 Å². The maximum absolute atomic E-state index is 12.5. The van der Waals surface area contributed by atoms with Crippen molar-refractivity contribution in [1.29, 1.82) is 0 Å². The Morgan fingerprint density at radius 2 is 1.50 bits per heavy atom. The number of allylic oxidation sites excluding steroid dienone is 2. The lowest BCUT2D eigenvalue weighted by Gasteiger charge is -2.01. The highest BCUT2D eigenvalue weighted by Gasteiger charge is 2.20. The number of carbonyl (C=O) groups excluding carboxylic acids is 1. The van der Waals surface area contributed by atoms with Gasteiger partial charge in [0, 0.05) is 12.1 Å². The summed E-state index contributed by atoms with van der Waals surface area (Å²) in [7, 11) is 0. The Labute approximate surface area is 159 Å². The van der Waals surface area contributed by atoms with Gasteiger partial charge >= 0.3 is 0 Å². The van der Waals surface area contributed by atoms with Crippen molar-refractivity contribution >= 4 is 22.7 Å². The molecule has 0 spiro atoms. The van der Waals surface area contributed by atoms with Crippen molar-refractivity contribution in [3.05, 3.63) is 98.3 Å². The van der Waals surface area contributed by atoms with Crippen LogP contribution >= 0.6 is 0 Å². The Balaban J connectivity index is 1.93. The van der Waals surface area contributed by atoms with Crippen LogP contribution in [0.5, 0.6) is 0 Å². The number of carbonyl (C=O) groups is 1. The number of furan rings is 1. The number of para-hydroxylation sites is 2.